The molecule has 1 aliphatic heterocycles. The molecule has 2 N–H and O–H groups in total. The van der Waals surface area contributed by atoms with Crippen molar-refractivity contribution in [1.29, 1.82) is 0 Å². The Hall–Kier alpha value is -1.43. The van der Waals surface area contributed by atoms with Gasteiger partial charge >= 0.3 is 0 Å². The Morgan fingerprint density at radius 2 is 2.18 bits per heavy atom. The summed E-state index contributed by atoms with van der Waals surface area (Å²) in [6.45, 7) is 0.237. The van der Waals surface area contributed by atoms with E-state index in [0.717, 1.165) is 11.3 Å². The fraction of sp³-hybridized carbons (Fsp3) is 0.312. The third-order valence-electron chi connectivity index (χ3n) is 3.63. The third-order valence-corrected chi connectivity index (χ3v) is 5.19. The van der Waals surface area contributed by atoms with Crippen LogP contribution >= 0.6 is 23.4 Å². The minimum atomic E-state index is -0.807. The van der Waals surface area contributed by atoms with Gasteiger partial charge in [-0.3, -0.25) is 4.79 Å². The van der Waals surface area contributed by atoms with Gasteiger partial charge in [-0.2, -0.15) is 11.8 Å². The van der Waals surface area contributed by atoms with Crippen molar-refractivity contribution in [1.82, 2.24) is 5.32 Å². The molecule has 1 aromatic carbocycles. The van der Waals surface area contributed by atoms with E-state index in [0.29, 0.717) is 23.0 Å². The Bertz CT molecular complexity index is 680. The minimum absolute atomic E-state index is 0.212. The number of carbonyl (C=O) groups is 1. The van der Waals surface area contributed by atoms with E-state index >= 15 is 0 Å². The first kappa shape index (κ1) is 15.5. The van der Waals surface area contributed by atoms with Gasteiger partial charge in [-0.25, -0.2) is 0 Å². The first-order chi connectivity index (χ1) is 10.6. The number of amides is 1. The zero-order chi connectivity index (χ0) is 15.6. The second-order valence-electron chi connectivity index (χ2n) is 5.35. The molecule has 1 atom stereocenters. The van der Waals surface area contributed by atoms with Crippen molar-refractivity contribution in [2.24, 2.45) is 0 Å². The second-order valence-corrected chi connectivity index (χ2v) is 6.87. The summed E-state index contributed by atoms with van der Waals surface area (Å²) in [4.78, 5) is 12.1. The SMILES string of the molecule is O=C(NCC1(O)CCSC1)c1ccc(-c2ccccc2Cl)o1. The number of carbonyl (C=O) groups excluding carboxylic acids is 1. The fourth-order valence-corrected chi connectivity index (χ4v) is 3.86. The van der Waals surface area contributed by atoms with Crippen molar-refractivity contribution in [3.63, 3.8) is 0 Å². The van der Waals surface area contributed by atoms with E-state index in [2.05, 4.69) is 5.32 Å². The Balaban J connectivity index is 1.68. The molecule has 4 nitrogen and oxygen atoms in total. The molecule has 1 aromatic heterocycles. The summed E-state index contributed by atoms with van der Waals surface area (Å²) in [5.74, 6) is 2.00. The molecule has 2 aromatic rings. The lowest BCUT2D eigenvalue weighted by atomic mass is 10.0. The van der Waals surface area contributed by atoms with E-state index in [1.54, 1.807) is 30.0 Å². The summed E-state index contributed by atoms with van der Waals surface area (Å²) >= 11 is 7.81. The molecular formula is C16H16ClNO3S. The maximum Gasteiger partial charge on any atom is 0.287 e. The molecule has 6 heteroatoms. The summed E-state index contributed by atoms with van der Waals surface area (Å²) in [5, 5.41) is 13.5. The molecule has 3 rings (SSSR count). The number of hydrogen-bond donors (Lipinski definition) is 2. The number of rotatable bonds is 4. The number of nitrogens with one attached hydrogen (secondary N) is 1. The van der Waals surface area contributed by atoms with Crippen LogP contribution < -0.4 is 5.32 Å². The zero-order valence-electron chi connectivity index (χ0n) is 11.8. The number of thioether (sulfide) groups is 1. The van der Waals surface area contributed by atoms with Crippen LogP contribution in [0.2, 0.25) is 5.02 Å². The highest BCUT2D eigenvalue weighted by Crippen LogP contribution is 2.29. The van der Waals surface area contributed by atoms with Crippen LogP contribution in [0, 0.1) is 0 Å². The highest BCUT2D eigenvalue weighted by atomic mass is 35.5. The summed E-state index contributed by atoms with van der Waals surface area (Å²) in [7, 11) is 0. The fourth-order valence-electron chi connectivity index (χ4n) is 2.33. The van der Waals surface area contributed by atoms with Crippen LogP contribution in [0.15, 0.2) is 40.8 Å². The molecular weight excluding hydrogens is 322 g/mol. The average molecular weight is 338 g/mol. The molecule has 0 spiro atoms. The molecule has 0 radical (unpaired) electrons. The van der Waals surface area contributed by atoms with Crippen molar-refractivity contribution in [3.05, 3.63) is 47.2 Å². The van der Waals surface area contributed by atoms with Crippen molar-refractivity contribution in [2.75, 3.05) is 18.1 Å². The van der Waals surface area contributed by atoms with Gasteiger partial charge in [0.05, 0.1) is 10.6 Å². The Labute approximate surface area is 137 Å². The minimum Gasteiger partial charge on any atom is -0.451 e. The van der Waals surface area contributed by atoms with E-state index < -0.39 is 5.60 Å². The molecule has 0 bridgehead atoms. The highest BCUT2D eigenvalue weighted by Gasteiger charge is 2.32. The summed E-state index contributed by atoms with van der Waals surface area (Å²) in [6, 6.07) is 10.6. The van der Waals surface area contributed by atoms with Crippen molar-refractivity contribution < 1.29 is 14.3 Å². The normalized spacial score (nSPS) is 21.0. The highest BCUT2D eigenvalue weighted by molar-refractivity contribution is 7.99. The topological polar surface area (TPSA) is 62.5 Å². The lowest BCUT2D eigenvalue weighted by Crippen LogP contribution is -2.42. The number of halogens is 1. The van der Waals surface area contributed by atoms with Gasteiger partial charge in [0.25, 0.3) is 5.91 Å². The van der Waals surface area contributed by atoms with Gasteiger partial charge in [0.1, 0.15) is 5.76 Å². The van der Waals surface area contributed by atoms with Crippen LogP contribution in [-0.4, -0.2) is 34.7 Å². The molecule has 116 valence electrons. The van der Waals surface area contributed by atoms with Crippen molar-refractivity contribution in [3.8, 4) is 11.3 Å². The van der Waals surface area contributed by atoms with Crippen LogP contribution in [0.4, 0.5) is 0 Å². The lowest BCUT2D eigenvalue weighted by Gasteiger charge is -2.21. The largest absolute Gasteiger partial charge is 0.451 e. The van der Waals surface area contributed by atoms with Gasteiger partial charge in [-0.05, 0) is 36.4 Å². The maximum atomic E-state index is 12.1. The average Bonchev–Trinajstić information content (AvgIpc) is 3.15. The smallest absolute Gasteiger partial charge is 0.287 e. The van der Waals surface area contributed by atoms with Gasteiger partial charge < -0.3 is 14.8 Å². The van der Waals surface area contributed by atoms with E-state index in [4.69, 9.17) is 16.0 Å². The molecule has 2 heterocycles. The summed E-state index contributed by atoms with van der Waals surface area (Å²) < 4.78 is 5.58. The monoisotopic (exact) mass is 337 g/mol. The molecule has 1 fully saturated rings. The predicted octanol–water partition coefficient (Wildman–Crippen LogP) is 3.20. The predicted molar refractivity (Wildman–Crippen MR) is 88.4 cm³/mol. The van der Waals surface area contributed by atoms with Crippen LogP contribution in [0.1, 0.15) is 17.0 Å². The Kier molecular flexibility index (Phi) is 4.47. The molecule has 0 saturated carbocycles. The molecule has 1 saturated heterocycles. The molecule has 0 aliphatic carbocycles. The molecule has 1 aliphatic rings. The van der Waals surface area contributed by atoms with Crippen LogP contribution in [-0.2, 0) is 0 Å². The molecule has 1 amide bonds. The Morgan fingerprint density at radius 1 is 1.36 bits per heavy atom. The van der Waals surface area contributed by atoms with E-state index in [-0.39, 0.29) is 18.2 Å². The van der Waals surface area contributed by atoms with E-state index in [1.165, 1.54) is 0 Å². The summed E-state index contributed by atoms with van der Waals surface area (Å²) in [5.41, 5.74) is -0.0626. The van der Waals surface area contributed by atoms with Gasteiger partial charge in [-0.15, -0.1) is 0 Å². The lowest BCUT2D eigenvalue weighted by molar-refractivity contribution is 0.0603. The van der Waals surface area contributed by atoms with Gasteiger partial charge in [0.15, 0.2) is 5.76 Å². The van der Waals surface area contributed by atoms with E-state index in [1.807, 2.05) is 18.2 Å². The second kappa shape index (κ2) is 6.36. The van der Waals surface area contributed by atoms with Gasteiger partial charge in [0, 0.05) is 17.9 Å². The van der Waals surface area contributed by atoms with Crippen molar-refractivity contribution in [2.45, 2.75) is 12.0 Å². The third kappa shape index (κ3) is 3.32. The number of aliphatic hydroxyl groups is 1. The number of furan rings is 1. The standard InChI is InChI=1S/C16H16ClNO3S/c17-12-4-2-1-3-11(12)13-5-6-14(21-13)15(19)18-9-16(20)7-8-22-10-16/h1-6,20H,7-10H2,(H,18,19). The van der Waals surface area contributed by atoms with Crippen molar-refractivity contribution >= 4 is 29.3 Å². The van der Waals surface area contributed by atoms with Crippen LogP contribution in [0.25, 0.3) is 11.3 Å². The van der Waals surface area contributed by atoms with E-state index in [9.17, 15) is 9.90 Å². The molecule has 1 unspecified atom stereocenters. The zero-order valence-corrected chi connectivity index (χ0v) is 13.4. The number of benzene rings is 1. The van der Waals surface area contributed by atoms with Crippen LogP contribution in [0.3, 0.4) is 0 Å². The Morgan fingerprint density at radius 3 is 2.91 bits per heavy atom. The maximum absolute atomic E-state index is 12.1. The first-order valence-corrected chi connectivity index (χ1v) is 8.54. The first-order valence-electron chi connectivity index (χ1n) is 7.00. The van der Waals surface area contributed by atoms with Gasteiger partial charge in [0.2, 0.25) is 0 Å². The quantitative estimate of drug-likeness (QED) is 0.899. The van der Waals surface area contributed by atoms with Gasteiger partial charge in [-0.1, -0.05) is 23.7 Å². The molecule has 22 heavy (non-hydrogen) atoms. The van der Waals surface area contributed by atoms with Crippen LogP contribution in [0.5, 0.6) is 0 Å². The number of hydrogen-bond acceptors (Lipinski definition) is 4. The summed E-state index contributed by atoms with van der Waals surface area (Å²) in [6.07, 6.45) is 0.695.